The van der Waals surface area contributed by atoms with Crippen molar-refractivity contribution in [3.05, 3.63) is 29.8 Å². The van der Waals surface area contributed by atoms with E-state index >= 15 is 0 Å². The van der Waals surface area contributed by atoms with Crippen LogP contribution in [0.5, 0.6) is 0 Å². The molecule has 1 fully saturated rings. The van der Waals surface area contributed by atoms with Crippen LogP contribution in [0.1, 0.15) is 31.7 Å². The van der Waals surface area contributed by atoms with Crippen molar-refractivity contribution in [1.29, 1.82) is 0 Å². The first-order chi connectivity index (χ1) is 11.1. The van der Waals surface area contributed by atoms with Gasteiger partial charge < -0.3 is 9.32 Å². The van der Waals surface area contributed by atoms with E-state index in [1.165, 1.54) is 18.2 Å². The number of benzene rings is 1. The Labute approximate surface area is 140 Å². The molecular formula is C17H21N3O2S. The number of carbonyl (C=O) groups is 1. The van der Waals surface area contributed by atoms with E-state index < -0.39 is 0 Å². The second-order valence-electron chi connectivity index (χ2n) is 5.83. The number of aromatic nitrogens is 2. The number of nitrogens with zero attached hydrogens (tertiary/aromatic N) is 3. The molecule has 1 atom stereocenters. The lowest BCUT2D eigenvalue weighted by atomic mass is 10.1. The van der Waals surface area contributed by atoms with Crippen molar-refractivity contribution < 1.29 is 9.21 Å². The average Bonchev–Trinajstić information content (AvgIpc) is 3.03. The highest BCUT2D eigenvalue weighted by Crippen LogP contribution is 2.28. The molecule has 1 aromatic heterocycles. The van der Waals surface area contributed by atoms with Gasteiger partial charge in [-0.05, 0) is 44.7 Å². The Hall–Kier alpha value is -1.82. The molecule has 0 spiro atoms. The summed E-state index contributed by atoms with van der Waals surface area (Å²) in [6.45, 7) is 5.64. The van der Waals surface area contributed by atoms with E-state index in [0.717, 1.165) is 37.1 Å². The summed E-state index contributed by atoms with van der Waals surface area (Å²) in [4.78, 5) is 14.4. The third kappa shape index (κ3) is 3.75. The van der Waals surface area contributed by atoms with Crippen LogP contribution in [0, 0.1) is 6.92 Å². The molecule has 0 N–H and O–H groups in total. The Bertz CT molecular complexity index is 680. The quantitative estimate of drug-likeness (QED) is 0.802. The first-order valence-corrected chi connectivity index (χ1v) is 8.88. The van der Waals surface area contributed by atoms with Crippen molar-refractivity contribution in [1.82, 2.24) is 15.1 Å². The van der Waals surface area contributed by atoms with Gasteiger partial charge in [-0.1, -0.05) is 30.0 Å². The van der Waals surface area contributed by atoms with Crippen molar-refractivity contribution in [2.75, 3.05) is 13.1 Å². The van der Waals surface area contributed by atoms with E-state index in [0.29, 0.717) is 11.1 Å². The lowest BCUT2D eigenvalue weighted by Gasteiger charge is -2.28. The summed E-state index contributed by atoms with van der Waals surface area (Å²) in [5.41, 5.74) is 2.02. The highest BCUT2D eigenvalue weighted by atomic mass is 32.2. The molecule has 23 heavy (non-hydrogen) atoms. The molecule has 1 aromatic carbocycles. The van der Waals surface area contributed by atoms with Gasteiger partial charge in [-0.2, -0.15) is 0 Å². The Kier molecular flexibility index (Phi) is 5.00. The predicted octanol–water partition coefficient (Wildman–Crippen LogP) is 3.54. The van der Waals surface area contributed by atoms with Crippen molar-refractivity contribution in [3.63, 3.8) is 0 Å². The fourth-order valence-corrected chi connectivity index (χ4v) is 3.52. The number of thioether (sulfide) groups is 1. The molecule has 1 saturated heterocycles. The zero-order valence-corrected chi connectivity index (χ0v) is 14.3. The zero-order valence-electron chi connectivity index (χ0n) is 13.5. The van der Waals surface area contributed by atoms with Gasteiger partial charge in [-0.3, -0.25) is 4.79 Å². The van der Waals surface area contributed by atoms with Crippen LogP contribution in [-0.2, 0) is 4.79 Å². The van der Waals surface area contributed by atoms with Crippen molar-refractivity contribution in [2.45, 2.75) is 43.6 Å². The Morgan fingerprint density at radius 3 is 2.70 bits per heavy atom. The maximum Gasteiger partial charge on any atom is 0.277 e. The van der Waals surface area contributed by atoms with Crippen LogP contribution in [0.25, 0.3) is 11.5 Å². The van der Waals surface area contributed by atoms with Gasteiger partial charge in [0.1, 0.15) is 0 Å². The zero-order chi connectivity index (χ0) is 16.2. The molecule has 2 aromatic rings. The molecule has 0 unspecified atom stereocenters. The van der Waals surface area contributed by atoms with E-state index in [1.54, 1.807) is 0 Å². The molecule has 1 aliphatic rings. The number of rotatable bonds is 4. The maximum absolute atomic E-state index is 12.4. The Balaban J connectivity index is 1.66. The number of carbonyl (C=O) groups excluding carboxylic acids is 1. The van der Waals surface area contributed by atoms with Crippen LogP contribution in [0.2, 0.25) is 0 Å². The summed E-state index contributed by atoms with van der Waals surface area (Å²) in [5, 5.41) is 8.42. The van der Waals surface area contributed by atoms with E-state index in [1.807, 2.05) is 43.0 Å². The monoisotopic (exact) mass is 331 g/mol. The molecule has 0 saturated carbocycles. The number of hydrogen-bond donors (Lipinski definition) is 0. The highest BCUT2D eigenvalue weighted by molar-refractivity contribution is 8.00. The van der Waals surface area contributed by atoms with Crippen molar-refractivity contribution in [3.8, 4) is 11.5 Å². The van der Waals surface area contributed by atoms with Crippen LogP contribution in [0.4, 0.5) is 0 Å². The standard InChI is InChI=1S/C17H21N3O2S/c1-12-8-4-5-9-14(12)15-18-19-17(22-15)23-13(2)16(21)20-10-6-3-7-11-20/h4-5,8-9,13H,3,6-7,10-11H2,1-2H3/t13-/m0/s1. The summed E-state index contributed by atoms with van der Waals surface area (Å²) in [6, 6.07) is 7.89. The van der Waals surface area contributed by atoms with Crippen LogP contribution in [0.3, 0.4) is 0 Å². The fraction of sp³-hybridized carbons (Fsp3) is 0.471. The molecule has 5 nitrogen and oxygen atoms in total. The minimum atomic E-state index is -0.210. The third-order valence-electron chi connectivity index (χ3n) is 4.08. The minimum Gasteiger partial charge on any atom is -0.411 e. The summed E-state index contributed by atoms with van der Waals surface area (Å²) < 4.78 is 5.73. The fourth-order valence-electron chi connectivity index (χ4n) is 2.75. The van der Waals surface area contributed by atoms with Gasteiger partial charge in [0, 0.05) is 18.7 Å². The number of piperidine rings is 1. The molecule has 0 radical (unpaired) electrons. The molecule has 6 heteroatoms. The van der Waals surface area contributed by atoms with Gasteiger partial charge in [0.25, 0.3) is 5.22 Å². The van der Waals surface area contributed by atoms with E-state index in [9.17, 15) is 4.79 Å². The first kappa shape index (κ1) is 16.1. The van der Waals surface area contributed by atoms with Gasteiger partial charge in [0.2, 0.25) is 11.8 Å². The number of aryl methyl sites for hydroxylation is 1. The molecule has 1 aliphatic heterocycles. The van der Waals surface area contributed by atoms with Crippen molar-refractivity contribution >= 4 is 17.7 Å². The summed E-state index contributed by atoms with van der Waals surface area (Å²) >= 11 is 1.34. The van der Waals surface area contributed by atoms with Gasteiger partial charge in [0.05, 0.1) is 5.25 Å². The first-order valence-electron chi connectivity index (χ1n) is 8.00. The van der Waals surface area contributed by atoms with Gasteiger partial charge in [-0.25, -0.2) is 0 Å². The summed E-state index contributed by atoms with van der Waals surface area (Å²) in [5.74, 6) is 0.661. The van der Waals surface area contributed by atoms with Crippen molar-refractivity contribution in [2.24, 2.45) is 0 Å². The van der Waals surface area contributed by atoms with Crippen LogP contribution >= 0.6 is 11.8 Å². The van der Waals surface area contributed by atoms with Gasteiger partial charge >= 0.3 is 0 Å². The number of likely N-dealkylation sites (tertiary alicyclic amines) is 1. The van der Waals surface area contributed by atoms with Crippen LogP contribution in [-0.4, -0.2) is 39.3 Å². The van der Waals surface area contributed by atoms with Crippen LogP contribution in [0.15, 0.2) is 33.9 Å². The molecule has 2 heterocycles. The Morgan fingerprint density at radius 1 is 1.22 bits per heavy atom. The lowest BCUT2D eigenvalue weighted by molar-refractivity contribution is -0.131. The largest absolute Gasteiger partial charge is 0.411 e. The second-order valence-corrected chi connectivity index (χ2v) is 7.13. The van der Waals surface area contributed by atoms with Gasteiger partial charge in [0.15, 0.2) is 0 Å². The molecule has 122 valence electrons. The van der Waals surface area contributed by atoms with E-state index in [4.69, 9.17) is 4.42 Å². The normalized spacial score (nSPS) is 16.3. The minimum absolute atomic E-state index is 0.158. The Morgan fingerprint density at radius 2 is 1.96 bits per heavy atom. The lowest BCUT2D eigenvalue weighted by Crippen LogP contribution is -2.40. The van der Waals surface area contributed by atoms with Crippen LogP contribution < -0.4 is 0 Å². The smallest absolute Gasteiger partial charge is 0.277 e. The maximum atomic E-state index is 12.4. The average molecular weight is 331 g/mol. The molecule has 0 aliphatic carbocycles. The summed E-state index contributed by atoms with van der Waals surface area (Å²) in [7, 11) is 0. The SMILES string of the molecule is Cc1ccccc1-c1nnc(S[C@@H](C)C(=O)N2CCCCC2)o1. The molecule has 3 rings (SSSR count). The highest BCUT2D eigenvalue weighted by Gasteiger charge is 2.25. The molecular weight excluding hydrogens is 310 g/mol. The van der Waals surface area contributed by atoms with Gasteiger partial charge in [-0.15, -0.1) is 10.2 Å². The predicted molar refractivity (Wildman–Crippen MR) is 90.2 cm³/mol. The number of amides is 1. The third-order valence-corrected chi connectivity index (χ3v) is 5.00. The molecule has 0 bridgehead atoms. The topological polar surface area (TPSA) is 59.2 Å². The molecule has 1 amide bonds. The summed E-state index contributed by atoms with van der Waals surface area (Å²) in [6.07, 6.45) is 3.41. The second kappa shape index (κ2) is 7.17. The van der Waals surface area contributed by atoms with E-state index in [2.05, 4.69) is 10.2 Å². The number of hydrogen-bond acceptors (Lipinski definition) is 5. The van der Waals surface area contributed by atoms with E-state index in [-0.39, 0.29) is 11.2 Å².